The van der Waals surface area contributed by atoms with Gasteiger partial charge in [-0.25, -0.2) is 9.97 Å². The second-order valence-electron chi connectivity index (χ2n) is 8.20. The first-order valence-electron chi connectivity index (χ1n) is 9.72. The summed E-state index contributed by atoms with van der Waals surface area (Å²) in [5, 5.41) is 2.26. The standard InChI is InChI=1S/C23H24N4O/c1-14(2)26-21-22(25-13-12-24-21)27(23(26,4)5)19-15(3)10-11-17-16-8-6-7-9-18(16)28-20(17)19/h6-14H,1-5H3. The number of furan rings is 1. The Labute approximate surface area is 164 Å². The minimum Gasteiger partial charge on any atom is -0.454 e. The highest BCUT2D eigenvalue weighted by Crippen LogP contribution is 2.51. The van der Waals surface area contributed by atoms with E-state index in [1.54, 1.807) is 12.4 Å². The number of nitrogens with zero attached hydrogens (tertiary/aromatic N) is 4. The zero-order valence-electron chi connectivity index (χ0n) is 16.9. The van der Waals surface area contributed by atoms with Crippen molar-refractivity contribution in [1.82, 2.24) is 9.97 Å². The number of hydrogen-bond acceptors (Lipinski definition) is 5. The molecule has 0 atom stereocenters. The molecule has 0 fully saturated rings. The number of fused-ring (bicyclic) bond motifs is 4. The number of benzene rings is 2. The summed E-state index contributed by atoms with van der Waals surface area (Å²) in [7, 11) is 0. The lowest BCUT2D eigenvalue weighted by Crippen LogP contribution is -2.53. The largest absolute Gasteiger partial charge is 0.454 e. The second-order valence-corrected chi connectivity index (χ2v) is 8.20. The van der Waals surface area contributed by atoms with E-state index in [1.165, 1.54) is 0 Å². The molecule has 5 rings (SSSR count). The highest BCUT2D eigenvalue weighted by atomic mass is 16.3. The van der Waals surface area contributed by atoms with Gasteiger partial charge in [0.2, 0.25) is 0 Å². The summed E-state index contributed by atoms with van der Waals surface area (Å²) in [6, 6.07) is 12.8. The molecule has 142 valence electrons. The Morgan fingerprint density at radius 2 is 1.64 bits per heavy atom. The molecular formula is C23H24N4O. The van der Waals surface area contributed by atoms with Gasteiger partial charge < -0.3 is 9.32 Å². The molecule has 0 N–H and O–H groups in total. The Morgan fingerprint density at radius 3 is 2.39 bits per heavy atom. The lowest BCUT2D eigenvalue weighted by atomic mass is 10.0. The predicted octanol–water partition coefficient (Wildman–Crippen LogP) is 5.79. The van der Waals surface area contributed by atoms with Crippen LogP contribution in [0, 0.1) is 6.92 Å². The summed E-state index contributed by atoms with van der Waals surface area (Å²) in [5.41, 5.74) is 3.68. The fraction of sp³-hybridized carbons (Fsp3) is 0.304. The van der Waals surface area contributed by atoms with Gasteiger partial charge in [0.15, 0.2) is 17.2 Å². The van der Waals surface area contributed by atoms with E-state index in [1.807, 2.05) is 12.1 Å². The number of aryl methyl sites for hydroxylation is 1. The number of hydrogen-bond donors (Lipinski definition) is 0. The van der Waals surface area contributed by atoms with Gasteiger partial charge in [0.1, 0.15) is 11.2 Å². The maximum absolute atomic E-state index is 6.37. The molecule has 0 unspecified atom stereocenters. The first kappa shape index (κ1) is 17.0. The summed E-state index contributed by atoms with van der Waals surface area (Å²) < 4.78 is 6.37. The van der Waals surface area contributed by atoms with Crippen molar-refractivity contribution in [2.24, 2.45) is 0 Å². The Kier molecular flexibility index (Phi) is 3.48. The van der Waals surface area contributed by atoms with Crippen LogP contribution in [0.15, 0.2) is 53.2 Å². The molecular weight excluding hydrogens is 348 g/mol. The van der Waals surface area contributed by atoms with Crippen LogP contribution < -0.4 is 9.80 Å². The van der Waals surface area contributed by atoms with Crippen LogP contribution in [0.4, 0.5) is 17.3 Å². The zero-order chi connectivity index (χ0) is 19.6. The Bertz CT molecular complexity index is 1210. The van der Waals surface area contributed by atoms with Crippen LogP contribution in [0.3, 0.4) is 0 Å². The molecule has 5 nitrogen and oxygen atoms in total. The fourth-order valence-electron chi connectivity index (χ4n) is 4.68. The molecule has 1 aliphatic rings. The van der Waals surface area contributed by atoms with E-state index in [2.05, 4.69) is 73.7 Å². The summed E-state index contributed by atoms with van der Waals surface area (Å²) in [6.07, 6.45) is 3.53. The van der Waals surface area contributed by atoms with Gasteiger partial charge in [-0.15, -0.1) is 0 Å². The van der Waals surface area contributed by atoms with Crippen LogP contribution in [0.5, 0.6) is 0 Å². The third-order valence-electron chi connectivity index (χ3n) is 5.70. The molecule has 0 saturated heterocycles. The molecule has 0 saturated carbocycles. The van der Waals surface area contributed by atoms with Gasteiger partial charge in [0.05, 0.1) is 5.69 Å². The lowest BCUT2D eigenvalue weighted by molar-refractivity contribution is 0.454. The fourth-order valence-corrected chi connectivity index (χ4v) is 4.68. The highest BCUT2D eigenvalue weighted by Gasteiger charge is 2.47. The van der Waals surface area contributed by atoms with Crippen LogP contribution in [0.1, 0.15) is 33.3 Å². The molecule has 2 aromatic heterocycles. The molecule has 5 heteroatoms. The van der Waals surface area contributed by atoms with E-state index in [-0.39, 0.29) is 11.7 Å². The summed E-state index contributed by atoms with van der Waals surface area (Å²) in [4.78, 5) is 14.0. The van der Waals surface area contributed by atoms with Crippen LogP contribution in [-0.4, -0.2) is 21.7 Å². The Morgan fingerprint density at radius 1 is 0.929 bits per heavy atom. The average Bonchev–Trinajstić information content (AvgIpc) is 3.13. The zero-order valence-corrected chi connectivity index (χ0v) is 16.9. The van der Waals surface area contributed by atoms with Crippen molar-refractivity contribution >= 4 is 39.3 Å². The first-order chi connectivity index (χ1) is 13.4. The molecule has 0 bridgehead atoms. The number of aromatic nitrogens is 2. The van der Waals surface area contributed by atoms with Crippen molar-refractivity contribution in [2.75, 3.05) is 9.80 Å². The molecule has 0 radical (unpaired) electrons. The molecule has 3 heterocycles. The van der Waals surface area contributed by atoms with E-state index >= 15 is 0 Å². The average molecular weight is 372 g/mol. The van der Waals surface area contributed by atoms with Crippen molar-refractivity contribution in [2.45, 2.75) is 46.3 Å². The van der Waals surface area contributed by atoms with Gasteiger partial charge in [-0.1, -0.05) is 30.3 Å². The van der Waals surface area contributed by atoms with E-state index in [9.17, 15) is 0 Å². The quantitative estimate of drug-likeness (QED) is 0.446. The van der Waals surface area contributed by atoms with Crippen molar-refractivity contribution in [3.63, 3.8) is 0 Å². The number of para-hydroxylation sites is 1. The van der Waals surface area contributed by atoms with E-state index < -0.39 is 0 Å². The monoisotopic (exact) mass is 372 g/mol. The minimum atomic E-state index is -0.337. The van der Waals surface area contributed by atoms with Gasteiger partial charge in [0.25, 0.3) is 0 Å². The van der Waals surface area contributed by atoms with Gasteiger partial charge >= 0.3 is 0 Å². The molecule has 0 amide bonds. The second kappa shape index (κ2) is 5.71. The van der Waals surface area contributed by atoms with Crippen LogP contribution in [0.25, 0.3) is 21.9 Å². The molecule has 2 aromatic carbocycles. The lowest BCUT2D eigenvalue weighted by Gasteiger charge is -2.42. The molecule has 0 spiro atoms. The van der Waals surface area contributed by atoms with Crippen LogP contribution >= 0.6 is 0 Å². The molecule has 0 aliphatic carbocycles. The van der Waals surface area contributed by atoms with Crippen molar-refractivity contribution in [1.29, 1.82) is 0 Å². The van der Waals surface area contributed by atoms with E-state index in [4.69, 9.17) is 9.40 Å². The summed E-state index contributed by atoms with van der Waals surface area (Å²) in [5.74, 6) is 1.78. The first-order valence-corrected chi connectivity index (χ1v) is 9.72. The van der Waals surface area contributed by atoms with Gasteiger partial charge in [0, 0.05) is 29.2 Å². The third kappa shape index (κ3) is 2.13. The Balaban J connectivity index is 1.86. The maximum atomic E-state index is 6.37. The van der Waals surface area contributed by atoms with Crippen molar-refractivity contribution in [3.05, 3.63) is 54.4 Å². The SMILES string of the molecule is Cc1ccc2c(oc3ccccc32)c1N1c2nccnc2N(C(C)C)C1(C)C. The minimum absolute atomic E-state index is 0.283. The van der Waals surface area contributed by atoms with Crippen molar-refractivity contribution < 1.29 is 4.42 Å². The van der Waals surface area contributed by atoms with Gasteiger partial charge in [-0.2, -0.15) is 0 Å². The molecule has 28 heavy (non-hydrogen) atoms. The highest BCUT2D eigenvalue weighted by molar-refractivity contribution is 6.10. The normalized spacial score (nSPS) is 15.8. The molecule has 4 aromatic rings. The molecule has 1 aliphatic heterocycles. The van der Waals surface area contributed by atoms with Crippen LogP contribution in [-0.2, 0) is 0 Å². The predicted molar refractivity (Wildman–Crippen MR) is 114 cm³/mol. The summed E-state index contributed by atoms with van der Waals surface area (Å²) >= 11 is 0. The topological polar surface area (TPSA) is 45.4 Å². The van der Waals surface area contributed by atoms with Crippen molar-refractivity contribution in [3.8, 4) is 0 Å². The smallest absolute Gasteiger partial charge is 0.178 e. The Hall–Kier alpha value is -3.08. The van der Waals surface area contributed by atoms with E-state index in [0.717, 1.165) is 44.8 Å². The number of rotatable bonds is 2. The van der Waals surface area contributed by atoms with Gasteiger partial charge in [-0.05, 0) is 46.2 Å². The third-order valence-corrected chi connectivity index (χ3v) is 5.70. The number of anilines is 3. The van der Waals surface area contributed by atoms with E-state index in [0.29, 0.717) is 0 Å². The maximum Gasteiger partial charge on any atom is 0.178 e. The van der Waals surface area contributed by atoms with Gasteiger partial charge in [-0.3, -0.25) is 4.90 Å². The summed E-state index contributed by atoms with van der Waals surface area (Å²) in [6.45, 7) is 11.0. The van der Waals surface area contributed by atoms with Crippen LogP contribution in [0.2, 0.25) is 0 Å².